The summed E-state index contributed by atoms with van der Waals surface area (Å²) in [6, 6.07) is 10.2. The first-order valence-electron chi connectivity index (χ1n) is 9.05. The molecule has 32 heavy (non-hydrogen) atoms. The molecule has 0 aliphatic carbocycles. The van der Waals surface area contributed by atoms with E-state index in [-0.39, 0.29) is 37.1 Å². The minimum Gasteiger partial charge on any atom is -0.484 e. The third kappa shape index (κ3) is 6.15. The number of amides is 2. The maximum Gasteiger partial charge on any atom is 0.316 e. The summed E-state index contributed by atoms with van der Waals surface area (Å²) in [7, 11) is 0. The first-order chi connectivity index (χ1) is 15.3. The van der Waals surface area contributed by atoms with E-state index in [9.17, 15) is 19.7 Å². The van der Waals surface area contributed by atoms with Crippen LogP contribution in [-0.2, 0) is 4.79 Å². The Hall–Kier alpha value is -3.70. The molecular formula is C19H15Cl2N5O6. The maximum atomic E-state index is 12.1. The van der Waals surface area contributed by atoms with Gasteiger partial charge in [-0.05, 0) is 12.1 Å². The SMILES string of the molecule is O=C(COc1ccc(Cl)c(Cl)c1)NCCNC(=O)c1nc(-c2cccc([N+](=O)[O-])c2)no1. The number of non-ortho nitro benzene ring substituents is 1. The lowest BCUT2D eigenvalue weighted by Crippen LogP contribution is -2.36. The van der Waals surface area contributed by atoms with E-state index >= 15 is 0 Å². The van der Waals surface area contributed by atoms with Gasteiger partial charge in [-0.1, -0.05) is 40.5 Å². The third-order valence-electron chi connectivity index (χ3n) is 3.93. The first-order valence-corrected chi connectivity index (χ1v) is 9.80. The number of carbonyl (C=O) groups excluding carboxylic acids is 2. The van der Waals surface area contributed by atoms with E-state index in [0.717, 1.165) is 0 Å². The van der Waals surface area contributed by atoms with Gasteiger partial charge in [0, 0.05) is 36.9 Å². The summed E-state index contributed by atoms with van der Waals surface area (Å²) in [5.41, 5.74) is 0.188. The predicted octanol–water partition coefficient (Wildman–Crippen LogP) is 2.88. The molecule has 0 aliphatic rings. The predicted molar refractivity (Wildman–Crippen MR) is 114 cm³/mol. The first kappa shape index (κ1) is 23.0. The number of nitrogens with one attached hydrogen (secondary N) is 2. The van der Waals surface area contributed by atoms with Crippen molar-refractivity contribution < 1.29 is 23.8 Å². The van der Waals surface area contributed by atoms with Gasteiger partial charge < -0.3 is 19.9 Å². The van der Waals surface area contributed by atoms with Crippen LogP contribution >= 0.6 is 23.2 Å². The lowest BCUT2D eigenvalue weighted by molar-refractivity contribution is -0.384. The molecule has 0 spiro atoms. The molecule has 2 amide bonds. The number of carbonyl (C=O) groups is 2. The van der Waals surface area contributed by atoms with Gasteiger partial charge >= 0.3 is 11.8 Å². The Balaban J connectivity index is 1.42. The molecule has 3 aromatic rings. The fraction of sp³-hybridized carbons (Fsp3) is 0.158. The number of nitrogens with zero attached hydrogens (tertiary/aromatic N) is 3. The second kappa shape index (κ2) is 10.6. The summed E-state index contributed by atoms with van der Waals surface area (Å²) in [6.07, 6.45) is 0. The van der Waals surface area contributed by atoms with Gasteiger partial charge in [0.25, 0.3) is 11.6 Å². The van der Waals surface area contributed by atoms with E-state index in [0.29, 0.717) is 21.4 Å². The largest absolute Gasteiger partial charge is 0.484 e. The Morgan fingerprint density at radius 3 is 2.62 bits per heavy atom. The number of hydrogen-bond acceptors (Lipinski definition) is 8. The van der Waals surface area contributed by atoms with Gasteiger partial charge in [0.15, 0.2) is 6.61 Å². The van der Waals surface area contributed by atoms with Crippen LogP contribution in [0.1, 0.15) is 10.7 Å². The van der Waals surface area contributed by atoms with Crippen molar-refractivity contribution in [2.45, 2.75) is 0 Å². The Morgan fingerprint density at radius 1 is 1.09 bits per heavy atom. The van der Waals surface area contributed by atoms with Gasteiger partial charge in [0.2, 0.25) is 5.82 Å². The van der Waals surface area contributed by atoms with E-state index in [1.165, 1.54) is 24.3 Å². The van der Waals surface area contributed by atoms with Gasteiger partial charge in [0.1, 0.15) is 5.75 Å². The number of nitro benzene ring substituents is 1. The normalized spacial score (nSPS) is 10.4. The van der Waals surface area contributed by atoms with Crippen LogP contribution in [0.5, 0.6) is 5.75 Å². The highest BCUT2D eigenvalue weighted by Crippen LogP contribution is 2.26. The van der Waals surface area contributed by atoms with Crippen LogP contribution in [0.3, 0.4) is 0 Å². The van der Waals surface area contributed by atoms with Crippen molar-refractivity contribution in [1.82, 2.24) is 20.8 Å². The number of hydrogen-bond donors (Lipinski definition) is 2. The zero-order chi connectivity index (χ0) is 23.1. The van der Waals surface area contributed by atoms with Gasteiger partial charge in [-0.15, -0.1) is 0 Å². The second-order valence-corrected chi connectivity index (χ2v) is 7.02. The molecule has 0 radical (unpaired) electrons. The average Bonchev–Trinajstić information content (AvgIpc) is 3.28. The average molecular weight is 480 g/mol. The van der Waals surface area contributed by atoms with Crippen molar-refractivity contribution in [1.29, 1.82) is 0 Å². The molecule has 11 nitrogen and oxygen atoms in total. The van der Waals surface area contributed by atoms with Crippen molar-refractivity contribution in [2.24, 2.45) is 0 Å². The molecule has 2 N–H and O–H groups in total. The van der Waals surface area contributed by atoms with Gasteiger partial charge in [-0.3, -0.25) is 19.7 Å². The number of halogens is 2. The molecule has 2 aromatic carbocycles. The molecule has 0 aliphatic heterocycles. The Labute approximate surface area is 190 Å². The van der Waals surface area contributed by atoms with Crippen LogP contribution in [0.2, 0.25) is 10.0 Å². The minimum absolute atomic E-state index is 0.0339. The quantitative estimate of drug-likeness (QED) is 0.270. The highest BCUT2D eigenvalue weighted by Gasteiger charge is 2.17. The maximum absolute atomic E-state index is 12.1. The molecule has 13 heteroatoms. The van der Waals surface area contributed by atoms with Gasteiger partial charge in [-0.2, -0.15) is 4.98 Å². The van der Waals surface area contributed by atoms with Crippen LogP contribution < -0.4 is 15.4 Å². The third-order valence-corrected chi connectivity index (χ3v) is 4.67. The molecule has 3 rings (SSSR count). The second-order valence-electron chi connectivity index (χ2n) is 6.20. The van der Waals surface area contributed by atoms with E-state index < -0.39 is 16.7 Å². The standard InChI is InChI=1S/C19H15Cl2N5O6/c20-14-5-4-13(9-15(14)21)31-10-16(27)22-6-7-23-18(28)19-24-17(25-32-19)11-2-1-3-12(8-11)26(29)30/h1-5,8-9H,6-7,10H2,(H,22,27)(H,23,28). The Bertz CT molecular complexity index is 1150. The zero-order valence-electron chi connectivity index (χ0n) is 16.2. The monoisotopic (exact) mass is 479 g/mol. The molecule has 1 heterocycles. The smallest absolute Gasteiger partial charge is 0.316 e. The Morgan fingerprint density at radius 2 is 1.88 bits per heavy atom. The molecule has 166 valence electrons. The van der Waals surface area contributed by atoms with Gasteiger partial charge in [-0.25, -0.2) is 0 Å². The number of ether oxygens (including phenoxy) is 1. The lowest BCUT2D eigenvalue weighted by atomic mass is 10.2. The molecule has 0 atom stereocenters. The van der Waals surface area contributed by atoms with Gasteiger partial charge in [0.05, 0.1) is 15.0 Å². The number of nitro groups is 1. The number of rotatable bonds is 9. The molecule has 0 saturated heterocycles. The number of aromatic nitrogens is 2. The van der Waals surface area contributed by atoms with E-state index in [2.05, 4.69) is 20.8 Å². The van der Waals surface area contributed by atoms with Crippen LogP contribution in [0.25, 0.3) is 11.4 Å². The minimum atomic E-state index is -0.657. The fourth-order valence-corrected chi connectivity index (χ4v) is 2.70. The van der Waals surface area contributed by atoms with Crippen LogP contribution in [0.4, 0.5) is 5.69 Å². The van der Waals surface area contributed by atoms with E-state index in [4.69, 9.17) is 32.5 Å². The highest BCUT2D eigenvalue weighted by atomic mass is 35.5. The Kier molecular flexibility index (Phi) is 7.58. The van der Waals surface area contributed by atoms with Crippen LogP contribution in [0.15, 0.2) is 47.0 Å². The lowest BCUT2D eigenvalue weighted by Gasteiger charge is -2.08. The molecule has 0 saturated carbocycles. The fourth-order valence-electron chi connectivity index (χ4n) is 2.41. The van der Waals surface area contributed by atoms with E-state index in [1.807, 2.05) is 0 Å². The molecule has 1 aromatic heterocycles. The summed E-state index contributed by atoms with van der Waals surface area (Å²) in [5, 5.41) is 20.3. The molecule has 0 unspecified atom stereocenters. The summed E-state index contributed by atoms with van der Waals surface area (Å²) in [4.78, 5) is 38.2. The zero-order valence-corrected chi connectivity index (χ0v) is 17.7. The summed E-state index contributed by atoms with van der Waals surface area (Å²) in [6.45, 7) is -0.0325. The number of benzene rings is 2. The summed E-state index contributed by atoms with van der Waals surface area (Å²) < 4.78 is 10.2. The van der Waals surface area contributed by atoms with Crippen molar-refractivity contribution >= 4 is 40.7 Å². The topological polar surface area (TPSA) is 149 Å². The van der Waals surface area contributed by atoms with Crippen molar-refractivity contribution in [3.05, 3.63) is 68.5 Å². The summed E-state index contributed by atoms with van der Waals surface area (Å²) in [5.74, 6) is -0.960. The highest BCUT2D eigenvalue weighted by molar-refractivity contribution is 6.42. The van der Waals surface area contributed by atoms with E-state index in [1.54, 1.807) is 18.2 Å². The van der Waals surface area contributed by atoms with Crippen molar-refractivity contribution in [3.63, 3.8) is 0 Å². The van der Waals surface area contributed by atoms with Crippen LogP contribution in [-0.4, -0.2) is 46.6 Å². The van der Waals surface area contributed by atoms with Crippen molar-refractivity contribution in [2.75, 3.05) is 19.7 Å². The molecular weight excluding hydrogens is 465 g/mol. The van der Waals surface area contributed by atoms with Crippen molar-refractivity contribution in [3.8, 4) is 17.1 Å². The summed E-state index contributed by atoms with van der Waals surface area (Å²) >= 11 is 11.7. The molecule has 0 fully saturated rings. The molecule has 0 bridgehead atoms. The van der Waals surface area contributed by atoms with Crippen LogP contribution in [0, 0.1) is 10.1 Å².